The summed E-state index contributed by atoms with van der Waals surface area (Å²) in [5.74, 6) is 1.47. The van der Waals surface area contributed by atoms with Crippen molar-refractivity contribution in [3.05, 3.63) is 11.7 Å². The highest BCUT2D eigenvalue weighted by Crippen LogP contribution is 2.15. The van der Waals surface area contributed by atoms with Gasteiger partial charge in [-0.05, 0) is 33.2 Å². The summed E-state index contributed by atoms with van der Waals surface area (Å²) >= 11 is 0. The quantitative estimate of drug-likeness (QED) is 0.715. The molecule has 10 heteroatoms. The predicted octanol–water partition coefficient (Wildman–Crippen LogP) is 1.80. The third-order valence-corrected chi connectivity index (χ3v) is 4.93. The molecule has 0 spiro atoms. The second-order valence-electron chi connectivity index (χ2n) is 6.80. The first-order chi connectivity index (χ1) is 12.2. The fraction of sp³-hybridized carbons (Fsp3) is 0.824. The van der Waals surface area contributed by atoms with Crippen LogP contribution in [0.5, 0.6) is 0 Å². The van der Waals surface area contributed by atoms with Gasteiger partial charge in [-0.1, -0.05) is 5.16 Å². The number of amides is 1. The number of carbonyl (C=O) groups excluding carboxylic acids is 1. The molecule has 1 aromatic rings. The topological polar surface area (TPSA) is 83.7 Å². The molecule has 8 nitrogen and oxygen atoms in total. The standard InChI is InChI=1S/C17H29N5O3.2ClH/c1-3-24-13(2)17-19-15(25-20-17)12-21-7-9-22(10-8-21)16(23)11-14-5-4-6-18-14;;/h13-14,18H,3-12H2,1-2H3;2*1H. The maximum atomic E-state index is 12.4. The van der Waals surface area contributed by atoms with Crippen LogP contribution in [0.25, 0.3) is 0 Å². The van der Waals surface area contributed by atoms with Gasteiger partial charge in [0.25, 0.3) is 0 Å². The normalized spacial score (nSPS) is 21.4. The van der Waals surface area contributed by atoms with Gasteiger partial charge >= 0.3 is 0 Å². The first-order valence-corrected chi connectivity index (χ1v) is 9.33. The maximum absolute atomic E-state index is 12.4. The van der Waals surface area contributed by atoms with Gasteiger partial charge in [-0.25, -0.2) is 0 Å². The Hall–Kier alpha value is -0.930. The summed E-state index contributed by atoms with van der Waals surface area (Å²) in [6.07, 6.45) is 2.77. The van der Waals surface area contributed by atoms with Gasteiger partial charge < -0.3 is 19.5 Å². The second kappa shape index (κ2) is 11.8. The molecule has 2 fully saturated rings. The summed E-state index contributed by atoms with van der Waals surface area (Å²) in [6.45, 7) is 9.35. The van der Waals surface area contributed by atoms with Crippen molar-refractivity contribution in [2.45, 2.75) is 51.8 Å². The Morgan fingerprint density at radius 1 is 1.33 bits per heavy atom. The van der Waals surface area contributed by atoms with Gasteiger partial charge in [-0.3, -0.25) is 9.69 Å². The first kappa shape index (κ1) is 24.1. The molecule has 27 heavy (non-hydrogen) atoms. The molecule has 0 radical (unpaired) electrons. The molecule has 2 aliphatic rings. The lowest BCUT2D eigenvalue weighted by Crippen LogP contribution is -2.49. The molecule has 2 atom stereocenters. The van der Waals surface area contributed by atoms with E-state index in [9.17, 15) is 4.79 Å². The van der Waals surface area contributed by atoms with E-state index in [1.807, 2.05) is 18.7 Å². The molecule has 3 rings (SSSR count). The minimum Gasteiger partial charge on any atom is -0.371 e. The number of aromatic nitrogens is 2. The van der Waals surface area contributed by atoms with Crippen LogP contribution < -0.4 is 5.32 Å². The van der Waals surface area contributed by atoms with Crippen LogP contribution in [-0.2, 0) is 16.1 Å². The van der Waals surface area contributed by atoms with Gasteiger partial charge in [0.05, 0.1) is 6.54 Å². The third-order valence-electron chi connectivity index (χ3n) is 4.93. The Balaban J connectivity index is 0.00000182. The van der Waals surface area contributed by atoms with E-state index in [1.54, 1.807) is 0 Å². The van der Waals surface area contributed by atoms with Crippen molar-refractivity contribution in [3.8, 4) is 0 Å². The average molecular weight is 424 g/mol. The van der Waals surface area contributed by atoms with Gasteiger partial charge in [0.2, 0.25) is 11.8 Å². The van der Waals surface area contributed by atoms with Crippen LogP contribution >= 0.6 is 24.8 Å². The Kier molecular flexibility index (Phi) is 10.5. The Bertz CT molecular complexity index is 561. The minimum absolute atomic E-state index is 0. The SMILES string of the molecule is CCOC(C)c1noc(CN2CCN(C(=O)CC3CCCN3)CC2)n1.Cl.Cl. The van der Waals surface area contributed by atoms with Gasteiger partial charge in [0.1, 0.15) is 6.10 Å². The molecule has 0 bridgehead atoms. The number of rotatable bonds is 7. The second-order valence-corrected chi connectivity index (χ2v) is 6.80. The van der Waals surface area contributed by atoms with Crippen LogP contribution in [0.4, 0.5) is 0 Å². The van der Waals surface area contributed by atoms with E-state index in [0.29, 0.717) is 37.3 Å². The number of hydrogen-bond acceptors (Lipinski definition) is 7. The zero-order chi connectivity index (χ0) is 17.6. The van der Waals surface area contributed by atoms with Crippen LogP contribution in [0.3, 0.4) is 0 Å². The van der Waals surface area contributed by atoms with E-state index in [4.69, 9.17) is 9.26 Å². The Labute approximate surface area is 173 Å². The number of carbonyl (C=O) groups is 1. The third kappa shape index (κ3) is 6.87. The van der Waals surface area contributed by atoms with Gasteiger partial charge in [0.15, 0.2) is 5.82 Å². The van der Waals surface area contributed by atoms with E-state index in [1.165, 1.54) is 6.42 Å². The number of hydrogen-bond donors (Lipinski definition) is 1. The zero-order valence-corrected chi connectivity index (χ0v) is 17.7. The van der Waals surface area contributed by atoms with Crippen LogP contribution in [0.1, 0.15) is 50.9 Å². The summed E-state index contributed by atoms with van der Waals surface area (Å²) in [5, 5.41) is 7.38. The summed E-state index contributed by atoms with van der Waals surface area (Å²) in [4.78, 5) is 21.0. The fourth-order valence-corrected chi connectivity index (χ4v) is 3.44. The van der Waals surface area contributed by atoms with E-state index < -0.39 is 0 Å². The first-order valence-electron chi connectivity index (χ1n) is 9.33. The molecule has 1 amide bonds. The molecular formula is C17H31Cl2N5O3. The fourth-order valence-electron chi connectivity index (χ4n) is 3.44. The van der Waals surface area contributed by atoms with Gasteiger partial charge in [0, 0.05) is 45.2 Å². The highest BCUT2D eigenvalue weighted by Gasteiger charge is 2.25. The monoisotopic (exact) mass is 423 g/mol. The van der Waals surface area contributed by atoms with Crippen molar-refractivity contribution in [3.63, 3.8) is 0 Å². The molecule has 156 valence electrons. The Morgan fingerprint density at radius 3 is 2.70 bits per heavy atom. The van der Waals surface area contributed by atoms with Crippen molar-refractivity contribution >= 4 is 30.7 Å². The molecule has 1 N–H and O–H groups in total. The minimum atomic E-state index is -0.152. The molecule has 0 saturated carbocycles. The lowest BCUT2D eigenvalue weighted by atomic mass is 10.1. The maximum Gasteiger partial charge on any atom is 0.240 e. The van der Waals surface area contributed by atoms with Crippen molar-refractivity contribution in [1.82, 2.24) is 25.3 Å². The van der Waals surface area contributed by atoms with E-state index in [2.05, 4.69) is 20.4 Å². The van der Waals surface area contributed by atoms with Crippen molar-refractivity contribution < 1.29 is 14.1 Å². The lowest BCUT2D eigenvalue weighted by Gasteiger charge is -2.34. The molecule has 2 saturated heterocycles. The summed E-state index contributed by atoms with van der Waals surface area (Å²) in [7, 11) is 0. The largest absolute Gasteiger partial charge is 0.371 e. The van der Waals surface area contributed by atoms with Crippen molar-refractivity contribution in [1.29, 1.82) is 0 Å². The number of ether oxygens (including phenoxy) is 1. The predicted molar refractivity (Wildman–Crippen MR) is 106 cm³/mol. The highest BCUT2D eigenvalue weighted by molar-refractivity contribution is 5.85. The van der Waals surface area contributed by atoms with Crippen LogP contribution in [0, 0.1) is 0 Å². The van der Waals surface area contributed by atoms with Gasteiger partial charge in [-0.2, -0.15) is 4.98 Å². The van der Waals surface area contributed by atoms with Crippen LogP contribution in [0.15, 0.2) is 4.52 Å². The summed E-state index contributed by atoms with van der Waals surface area (Å²) in [5.41, 5.74) is 0. The molecule has 3 heterocycles. The van der Waals surface area contributed by atoms with E-state index >= 15 is 0 Å². The molecule has 2 aliphatic heterocycles. The smallest absolute Gasteiger partial charge is 0.240 e. The summed E-state index contributed by atoms with van der Waals surface area (Å²) < 4.78 is 10.8. The van der Waals surface area contributed by atoms with Gasteiger partial charge in [-0.15, -0.1) is 24.8 Å². The average Bonchev–Trinajstić information content (AvgIpc) is 3.28. The molecular weight excluding hydrogens is 393 g/mol. The number of nitrogens with zero attached hydrogens (tertiary/aromatic N) is 4. The zero-order valence-electron chi connectivity index (χ0n) is 16.1. The molecule has 1 aromatic heterocycles. The number of halogens is 2. The lowest BCUT2D eigenvalue weighted by molar-refractivity contribution is -0.133. The highest BCUT2D eigenvalue weighted by atomic mass is 35.5. The molecule has 0 aromatic carbocycles. The Morgan fingerprint density at radius 2 is 2.07 bits per heavy atom. The molecule has 2 unspecified atom stereocenters. The van der Waals surface area contributed by atoms with Crippen LogP contribution in [-0.4, -0.2) is 71.2 Å². The molecule has 0 aliphatic carbocycles. The van der Waals surface area contributed by atoms with Crippen LogP contribution in [0.2, 0.25) is 0 Å². The summed E-state index contributed by atoms with van der Waals surface area (Å²) in [6, 6.07) is 0.370. The number of nitrogens with one attached hydrogen (secondary N) is 1. The van der Waals surface area contributed by atoms with E-state index in [0.717, 1.165) is 39.1 Å². The van der Waals surface area contributed by atoms with Crippen molar-refractivity contribution in [2.24, 2.45) is 0 Å². The van der Waals surface area contributed by atoms with Crippen molar-refractivity contribution in [2.75, 3.05) is 39.3 Å². The number of piperazine rings is 1. The van der Waals surface area contributed by atoms with E-state index in [-0.39, 0.29) is 36.8 Å².